The zero-order valence-electron chi connectivity index (χ0n) is 5.94. The van der Waals surface area contributed by atoms with Gasteiger partial charge in [0, 0.05) is 6.54 Å². The van der Waals surface area contributed by atoms with Crippen molar-refractivity contribution in [2.45, 2.75) is 12.6 Å². The van der Waals surface area contributed by atoms with Gasteiger partial charge in [-0.15, -0.1) is 0 Å². The molecule has 0 aliphatic rings. The molecule has 0 rings (SSSR count). The molecule has 2 atom stereocenters. The fourth-order valence-electron chi connectivity index (χ4n) is 0.451. The van der Waals surface area contributed by atoms with E-state index in [0.29, 0.717) is 0 Å². The first-order valence-corrected chi connectivity index (χ1v) is 4.90. The molecule has 0 aromatic heterocycles. The summed E-state index contributed by atoms with van der Waals surface area (Å²) in [5, 5.41) is 3.12. The minimum atomic E-state index is 0.0199. The van der Waals surface area contributed by atoms with Gasteiger partial charge < -0.3 is 5.32 Å². The first-order valence-electron chi connectivity index (χ1n) is 2.86. The third-order valence-electron chi connectivity index (χ3n) is 1.25. The molecular formula is C6H15NP+. The van der Waals surface area contributed by atoms with Gasteiger partial charge in [0.05, 0.1) is 20.5 Å². The summed E-state index contributed by atoms with van der Waals surface area (Å²) in [6.45, 7) is 5.54. The third kappa shape index (κ3) is 3.17. The van der Waals surface area contributed by atoms with Gasteiger partial charge in [-0.3, -0.25) is 0 Å². The predicted octanol–water partition coefficient (Wildman–Crippen LogP) is 1.14. The van der Waals surface area contributed by atoms with E-state index < -0.39 is 0 Å². The SMILES string of the molecule is C=[P+](C)C(C)CNC. The van der Waals surface area contributed by atoms with Crippen molar-refractivity contribution in [3.8, 4) is 0 Å². The molecule has 0 saturated carbocycles. The van der Waals surface area contributed by atoms with Crippen molar-refractivity contribution in [2.24, 2.45) is 0 Å². The summed E-state index contributed by atoms with van der Waals surface area (Å²) < 4.78 is 0. The highest BCUT2D eigenvalue weighted by molar-refractivity contribution is 7.55. The molecule has 0 aliphatic carbocycles. The summed E-state index contributed by atoms with van der Waals surface area (Å²) in [5.41, 5.74) is 0.759. The fourth-order valence-corrected chi connectivity index (χ4v) is 0.945. The lowest BCUT2D eigenvalue weighted by atomic mass is 10.5. The zero-order valence-corrected chi connectivity index (χ0v) is 6.83. The number of hydrogen-bond acceptors (Lipinski definition) is 1. The van der Waals surface area contributed by atoms with Crippen LogP contribution in [0.25, 0.3) is 0 Å². The maximum absolute atomic E-state index is 3.98. The van der Waals surface area contributed by atoms with Gasteiger partial charge in [-0.25, -0.2) is 0 Å². The molecule has 0 radical (unpaired) electrons. The van der Waals surface area contributed by atoms with Crippen LogP contribution in [0.3, 0.4) is 0 Å². The van der Waals surface area contributed by atoms with E-state index in [0.717, 1.165) is 12.2 Å². The maximum atomic E-state index is 3.98. The predicted molar refractivity (Wildman–Crippen MR) is 43.4 cm³/mol. The Kier molecular flexibility index (Phi) is 4.12. The average molecular weight is 132 g/mol. The number of nitrogens with one attached hydrogen (secondary N) is 1. The van der Waals surface area contributed by atoms with Crippen molar-refractivity contribution in [1.82, 2.24) is 5.32 Å². The Bertz CT molecular complexity index is 80.6. The average Bonchev–Trinajstić information content (AvgIpc) is 1.67. The van der Waals surface area contributed by atoms with E-state index in [2.05, 4.69) is 25.2 Å². The maximum Gasteiger partial charge on any atom is 0.125 e. The van der Waals surface area contributed by atoms with Gasteiger partial charge in [0.1, 0.15) is 5.66 Å². The van der Waals surface area contributed by atoms with Crippen LogP contribution in [0.2, 0.25) is 0 Å². The fraction of sp³-hybridized carbons (Fsp3) is 0.833. The Morgan fingerprint density at radius 2 is 2.25 bits per heavy atom. The monoisotopic (exact) mass is 132 g/mol. The van der Waals surface area contributed by atoms with Gasteiger partial charge in [0.25, 0.3) is 0 Å². The first kappa shape index (κ1) is 8.13. The molecule has 0 aromatic rings. The first-order chi connectivity index (χ1) is 3.68. The smallest absolute Gasteiger partial charge is 0.125 e. The summed E-state index contributed by atoms with van der Waals surface area (Å²) in [5.74, 6) is 0. The molecule has 2 unspecified atom stereocenters. The standard InChI is InChI=1S/C6H15NP/c1-6(5-7-2)8(3)4/h6-7H,3,5H2,1-2,4H3/q+1. The lowest BCUT2D eigenvalue weighted by Crippen LogP contribution is -2.17. The highest BCUT2D eigenvalue weighted by Crippen LogP contribution is 2.19. The molecule has 0 bridgehead atoms. The molecule has 48 valence electrons. The lowest BCUT2D eigenvalue weighted by molar-refractivity contribution is 0.782. The molecule has 0 saturated heterocycles. The lowest BCUT2D eigenvalue weighted by Gasteiger charge is -1.98. The third-order valence-corrected chi connectivity index (χ3v) is 2.94. The van der Waals surface area contributed by atoms with Crippen molar-refractivity contribution < 1.29 is 0 Å². The Morgan fingerprint density at radius 3 is 2.38 bits per heavy atom. The van der Waals surface area contributed by atoms with E-state index in [1.165, 1.54) is 0 Å². The quantitative estimate of drug-likeness (QED) is 0.568. The highest BCUT2D eigenvalue weighted by Gasteiger charge is 2.08. The molecule has 0 aliphatic heterocycles. The summed E-state index contributed by atoms with van der Waals surface area (Å²) >= 11 is 0. The minimum absolute atomic E-state index is 0.0199. The molecule has 2 heteroatoms. The van der Waals surface area contributed by atoms with Crippen LogP contribution < -0.4 is 5.32 Å². The molecular weight excluding hydrogens is 117 g/mol. The van der Waals surface area contributed by atoms with Crippen LogP contribution in [0.1, 0.15) is 6.92 Å². The molecule has 8 heavy (non-hydrogen) atoms. The summed E-state index contributed by atoms with van der Waals surface area (Å²) in [7, 11) is 2.00. The Balaban J connectivity index is 3.32. The normalized spacial score (nSPS) is 15.6. The van der Waals surface area contributed by atoms with Crippen LogP contribution in [0.15, 0.2) is 0 Å². The molecule has 0 aromatic carbocycles. The van der Waals surface area contributed by atoms with Crippen molar-refractivity contribution in [1.29, 1.82) is 0 Å². The van der Waals surface area contributed by atoms with Gasteiger partial charge in [0.2, 0.25) is 0 Å². The van der Waals surface area contributed by atoms with Crippen LogP contribution in [-0.4, -0.2) is 32.2 Å². The van der Waals surface area contributed by atoms with E-state index in [-0.39, 0.29) is 7.55 Å². The van der Waals surface area contributed by atoms with Crippen molar-refractivity contribution in [3.05, 3.63) is 0 Å². The van der Waals surface area contributed by atoms with Crippen molar-refractivity contribution in [3.63, 3.8) is 0 Å². The number of hydrogen-bond donors (Lipinski definition) is 1. The van der Waals surface area contributed by atoms with E-state index >= 15 is 0 Å². The van der Waals surface area contributed by atoms with E-state index in [1.54, 1.807) is 0 Å². The molecule has 0 spiro atoms. The van der Waals surface area contributed by atoms with E-state index in [4.69, 9.17) is 0 Å². The Labute approximate surface area is 52.9 Å². The van der Waals surface area contributed by atoms with Crippen LogP contribution >= 0.6 is 7.55 Å². The van der Waals surface area contributed by atoms with E-state index in [1.807, 2.05) is 7.05 Å². The largest absolute Gasteiger partial charge is 0.316 e. The molecule has 1 N–H and O–H groups in total. The van der Waals surface area contributed by atoms with Crippen LogP contribution in [-0.2, 0) is 0 Å². The van der Waals surface area contributed by atoms with Gasteiger partial charge in [-0.1, -0.05) is 0 Å². The molecule has 0 fully saturated rings. The second-order valence-corrected chi connectivity index (χ2v) is 4.56. The second kappa shape index (κ2) is 4.05. The summed E-state index contributed by atoms with van der Waals surface area (Å²) in [6.07, 6.45) is 3.98. The summed E-state index contributed by atoms with van der Waals surface area (Å²) in [4.78, 5) is 0. The zero-order chi connectivity index (χ0) is 6.57. The topological polar surface area (TPSA) is 12.0 Å². The van der Waals surface area contributed by atoms with E-state index in [9.17, 15) is 0 Å². The molecule has 0 amide bonds. The van der Waals surface area contributed by atoms with Crippen LogP contribution in [0.5, 0.6) is 0 Å². The highest BCUT2D eigenvalue weighted by atomic mass is 31.1. The van der Waals surface area contributed by atoms with Crippen LogP contribution in [0, 0.1) is 0 Å². The Morgan fingerprint density at radius 1 is 1.75 bits per heavy atom. The Hall–Kier alpha value is 0.130. The minimum Gasteiger partial charge on any atom is -0.316 e. The van der Waals surface area contributed by atoms with Gasteiger partial charge in [-0.05, 0) is 14.0 Å². The van der Waals surface area contributed by atoms with Gasteiger partial charge in [0.15, 0.2) is 0 Å². The second-order valence-electron chi connectivity index (χ2n) is 2.16. The van der Waals surface area contributed by atoms with Crippen LogP contribution in [0.4, 0.5) is 0 Å². The summed E-state index contributed by atoms with van der Waals surface area (Å²) in [6, 6.07) is 0. The molecule has 0 heterocycles. The van der Waals surface area contributed by atoms with Gasteiger partial charge >= 0.3 is 0 Å². The van der Waals surface area contributed by atoms with Crippen molar-refractivity contribution in [2.75, 3.05) is 20.3 Å². The molecule has 1 nitrogen and oxygen atoms in total. The van der Waals surface area contributed by atoms with Crippen molar-refractivity contribution >= 4 is 13.8 Å². The van der Waals surface area contributed by atoms with Gasteiger partial charge in [-0.2, -0.15) is 0 Å². The number of rotatable bonds is 3.